The van der Waals surface area contributed by atoms with Crippen molar-refractivity contribution in [2.75, 3.05) is 0 Å². The summed E-state index contributed by atoms with van der Waals surface area (Å²) in [6, 6.07) is 15.0. The van der Waals surface area contributed by atoms with Crippen molar-refractivity contribution in [3.05, 3.63) is 79.3 Å². The summed E-state index contributed by atoms with van der Waals surface area (Å²) in [4.78, 5) is 28.7. The van der Waals surface area contributed by atoms with Gasteiger partial charge >= 0.3 is 0 Å². The third-order valence-corrected chi connectivity index (χ3v) is 6.91. The number of thioether (sulfide) groups is 2. The first kappa shape index (κ1) is 15.5. The van der Waals surface area contributed by atoms with Crippen molar-refractivity contribution in [2.24, 2.45) is 0 Å². The van der Waals surface area contributed by atoms with Gasteiger partial charge in [0.15, 0.2) is 11.6 Å². The fraction of sp³-hybridized carbons (Fsp3) is 0.100. The number of Topliss-reactive ketones (excluding diaryl/α,β-unsaturated/α-hetero) is 2. The third-order valence-electron chi connectivity index (χ3n) is 4.28. The van der Waals surface area contributed by atoms with Gasteiger partial charge in [0.2, 0.25) is 0 Å². The van der Waals surface area contributed by atoms with Gasteiger partial charge in [-0.05, 0) is 34.8 Å². The first-order chi connectivity index (χ1) is 11.6. The standard InChI is InChI=1S/C20H14O2S2/c1-11-12(2)24-20(23-11)17-18(21)15-9-5-3-7-13(15)14-8-4-6-10-16(14)19(17)22/h3-10H,1-2H3. The largest absolute Gasteiger partial charge is 0.288 e. The second-order valence-corrected chi connectivity index (χ2v) is 8.44. The zero-order valence-electron chi connectivity index (χ0n) is 13.3. The number of fused-ring (bicyclic) bond motifs is 3. The smallest absolute Gasteiger partial charge is 0.199 e. The van der Waals surface area contributed by atoms with Gasteiger partial charge in [-0.15, -0.1) is 0 Å². The molecule has 1 heterocycles. The van der Waals surface area contributed by atoms with Crippen LogP contribution in [0.5, 0.6) is 0 Å². The van der Waals surface area contributed by atoms with Crippen LogP contribution in [0, 0.1) is 0 Å². The topological polar surface area (TPSA) is 34.1 Å². The van der Waals surface area contributed by atoms with E-state index < -0.39 is 0 Å². The molecule has 24 heavy (non-hydrogen) atoms. The van der Waals surface area contributed by atoms with Crippen LogP contribution >= 0.6 is 23.5 Å². The number of allylic oxidation sites excluding steroid dienone is 3. The first-order valence-corrected chi connectivity index (χ1v) is 9.26. The van der Waals surface area contributed by atoms with Gasteiger partial charge in [-0.1, -0.05) is 72.1 Å². The number of carbonyl (C=O) groups excluding carboxylic acids is 2. The normalized spacial score (nSPS) is 17.1. The van der Waals surface area contributed by atoms with Crippen LogP contribution in [0.4, 0.5) is 0 Å². The van der Waals surface area contributed by atoms with Gasteiger partial charge < -0.3 is 0 Å². The van der Waals surface area contributed by atoms with Crippen molar-refractivity contribution < 1.29 is 9.59 Å². The number of carbonyl (C=O) groups is 2. The molecule has 2 aliphatic rings. The van der Waals surface area contributed by atoms with Crippen LogP contribution in [-0.4, -0.2) is 11.6 Å². The minimum absolute atomic E-state index is 0.177. The minimum Gasteiger partial charge on any atom is -0.288 e. The van der Waals surface area contributed by atoms with Gasteiger partial charge in [0.05, 0.1) is 9.81 Å². The summed E-state index contributed by atoms with van der Waals surface area (Å²) in [6.07, 6.45) is 0. The van der Waals surface area contributed by atoms with Crippen LogP contribution in [0.15, 0.2) is 68.2 Å². The Balaban J connectivity index is 2.02. The molecule has 0 fully saturated rings. The van der Waals surface area contributed by atoms with E-state index in [9.17, 15) is 9.59 Å². The summed E-state index contributed by atoms with van der Waals surface area (Å²) in [5.74, 6) is -0.353. The minimum atomic E-state index is -0.177. The van der Waals surface area contributed by atoms with Gasteiger partial charge in [-0.25, -0.2) is 0 Å². The molecule has 0 unspecified atom stereocenters. The molecule has 0 saturated carbocycles. The molecule has 2 aromatic rings. The Bertz CT molecular complexity index is 892. The molecule has 118 valence electrons. The van der Waals surface area contributed by atoms with Crippen molar-refractivity contribution in [2.45, 2.75) is 13.8 Å². The molecule has 0 spiro atoms. The summed E-state index contributed by atoms with van der Waals surface area (Å²) in [5.41, 5.74) is 3.16. The van der Waals surface area contributed by atoms with E-state index in [2.05, 4.69) is 0 Å². The van der Waals surface area contributed by atoms with Crippen LogP contribution in [0.2, 0.25) is 0 Å². The predicted octanol–water partition coefficient (Wildman–Crippen LogP) is 5.68. The molecule has 1 aliphatic heterocycles. The Hall–Kier alpha value is -2.04. The molecule has 4 rings (SSSR count). The van der Waals surface area contributed by atoms with E-state index in [-0.39, 0.29) is 11.6 Å². The van der Waals surface area contributed by atoms with Crippen LogP contribution in [0.3, 0.4) is 0 Å². The molecule has 0 radical (unpaired) electrons. The molecular formula is C20H14O2S2. The second kappa shape index (κ2) is 5.80. The molecule has 0 atom stereocenters. The Morgan fingerprint density at radius 3 is 1.42 bits per heavy atom. The highest BCUT2D eigenvalue weighted by atomic mass is 32.2. The van der Waals surface area contributed by atoms with E-state index in [4.69, 9.17) is 0 Å². The Morgan fingerprint density at radius 1 is 0.625 bits per heavy atom. The predicted molar refractivity (Wildman–Crippen MR) is 101 cm³/mol. The molecule has 0 bridgehead atoms. The second-order valence-electron chi connectivity index (χ2n) is 5.73. The van der Waals surface area contributed by atoms with Crippen molar-refractivity contribution in [3.63, 3.8) is 0 Å². The summed E-state index contributed by atoms with van der Waals surface area (Å²) >= 11 is 3.05. The van der Waals surface area contributed by atoms with Crippen LogP contribution in [0.25, 0.3) is 11.1 Å². The lowest BCUT2D eigenvalue weighted by Crippen LogP contribution is -2.13. The van der Waals surface area contributed by atoms with Crippen LogP contribution < -0.4 is 0 Å². The highest BCUT2D eigenvalue weighted by Crippen LogP contribution is 2.51. The average Bonchev–Trinajstić information content (AvgIpc) is 2.88. The number of ketones is 2. The van der Waals surface area contributed by atoms with E-state index >= 15 is 0 Å². The van der Waals surface area contributed by atoms with E-state index in [0.29, 0.717) is 16.7 Å². The van der Waals surface area contributed by atoms with Crippen LogP contribution in [0.1, 0.15) is 34.6 Å². The Labute approximate surface area is 149 Å². The summed E-state index contributed by atoms with van der Waals surface area (Å²) in [6.45, 7) is 4.04. The molecule has 2 aromatic carbocycles. The maximum atomic E-state index is 13.2. The zero-order valence-corrected chi connectivity index (χ0v) is 14.9. The lowest BCUT2D eigenvalue weighted by molar-refractivity contribution is 0.0965. The molecule has 4 heteroatoms. The molecular weight excluding hydrogens is 336 g/mol. The Kier molecular flexibility index (Phi) is 3.74. The van der Waals surface area contributed by atoms with Gasteiger partial charge in [0.1, 0.15) is 0 Å². The third kappa shape index (κ3) is 2.29. The van der Waals surface area contributed by atoms with Crippen LogP contribution in [-0.2, 0) is 0 Å². The average molecular weight is 350 g/mol. The van der Waals surface area contributed by atoms with Crippen molar-refractivity contribution in [1.29, 1.82) is 0 Å². The van der Waals surface area contributed by atoms with Crippen molar-refractivity contribution in [1.82, 2.24) is 0 Å². The highest BCUT2D eigenvalue weighted by Gasteiger charge is 2.34. The van der Waals surface area contributed by atoms with E-state index in [1.807, 2.05) is 62.4 Å². The van der Waals surface area contributed by atoms with Crippen molar-refractivity contribution in [3.8, 4) is 11.1 Å². The lowest BCUT2D eigenvalue weighted by atomic mass is 9.96. The van der Waals surface area contributed by atoms with E-state index in [0.717, 1.165) is 25.2 Å². The molecule has 1 aliphatic carbocycles. The molecule has 2 nitrogen and oxygen atoms in total. The van der Waals surface area contributed by atoms with Gasteiger partial charge in [-0.3, -0.25) is 9.59 Å². The van der Waals surface area contributed by atoms with E-state index in [1.165, 1.54) is 23.5 Å². The Morgan fingerprint density at radius 2 is 1.00 bits per heavy atom. The quantitative estimate of drug-likeness (QED) is 0.452. The number of rotatable bonds is 0. The maximum Gasteiger partial charge on any atom is 0.199 e. The van der Waals surface area contributed by atoms with Gasteiger partial charge in [0.25, 0.3) is 0 Å². The first-order valence-electron chi connectivity index (χ1n) is 7.63. The number of hydrogen-bond donors (Lipinski definition) is 0. The molecule has 0 N–H and O–H groups in total. The maximum absolute atomic E-state index is 13.2. The van der Waals surface area contributed by atoms with Crippen molar-refractivity contribution >= 4 is 35.1 Å². The zero-order chi connectivity index (χ0) is 16.8. The fourth-order valence-corrected chi connectivity index (χ4v) is 5.52. The lowest BCUT2D eigenvalue weighted by Gasteiger charge is -2.07. The van der Waals surface area contributed by atoms with Gasteiger partial charge in [-0.2, -0.15) is 0 Å². The highest BCUT2D eigenvalue weighted by molar-refractivity contribution is 8.28. The molecule has 0 saturated heterocycles. The number of benzene rings is 2. The van der Waals surface area contributed by atoms with E-state index in [1.54, 1.807) is 0 Å². The molecule has 0 amide bonds. The molecule has 0 aromatic heterocycles. The van der Waals surface area contributed by atoms with Gasteiger partial charge in [0, 0.05) is 11.1 Å². The monoisotopic (exact) mass is 350 g/mol. The summed E-state index contributed by atoms with van der Waals surface area (Å²) < 4.78 is 0.798. The summed E-state index contributed by atoms with van der Waals surface area (Å²) in [7, 11) is 0. The summed E-state index contributed by atoms with van der Waals surface area (Å²) in [5, 5.41) is 0. The fourth-order valence-electron chi connectivity index (χ4n) is 2.93. The number of hydrogen-bond acceptors (Lipinski definition) is 4. The SMILES string of the molecule is CC1=C(C)SC(=C2C(=O)c3ccccc3-c3ccccc3C2=O)S1.